The number of hydrogen-bond donors (Lipinski definition) is 0. The third-order valence-electron chi connectivity index (χ3n) is 7.16. The van der Waals surface area contributed by atoms with Crippen molar-refractivity contribution in [2.24, 2.45) is 23.7 Å². The van der Waals surface area contributed by atoms with Gasteiger partial charge in [0.25, 0.3) is 0 Å². The lowest BCUT2D eigenvalue weighted by molar-refractivity contribution is -0.0625. The molecule has 0 aromatic heterocycles. The van der Waals surface area contributed by atoms with Gasteiger partial charge in [0.2, 0.25) is 0 Å². The van der Waals surface area contributed by atoms with E-state index in [1.807, 2.05) is 7.11 Å². The Balaban J connectivity index is 1.37. The van der Waals surface area contributed by atoms with Crippen LogP contribution in [0.25, 0.3) is 0 Å². The van der Waals surface area contributed by atoms with Gasteiger partial charge in [0.05, 0.1) is 12.2 Å². The molecule has 2 saturated carbocycles. The zero-order valence-electron chi connectivity index (χ0n) is 15.5. The van der Waals surface area contributed by atoms with Crippen molar-refractivity contribution >= 4 is 0 Å². The molecule has 0 N–H and O–H groups in total. The Hall–Kier alpha value is -0.0800. The second-order valence-corrected chi connectivity index (χ2v) is 8.55. The van der Waals surface area contributed by atoms with Gasteiger partial charge in [0.1, 0.15) is 0 Å². The smallest absolute Gasteiger partial charge is 0.0603 e. The van der Waals surface area contributed by atoms with Gasteiger partial charge in [-0.05, 0) is 94.3 Å². The van der Waals surface area contributed by atoms with E-state index in [0.29, 0.717) is 12.2 Å². The molecule has 3 aliphatic rings. The summed E-state index contributed by atoms with van der Waals surface area (Å²) in [5.41, 5.74) is 0. The normalized spacial score (nSPS) is 42.5. The molecule has 1 heterocycles. The van der Waals surface area contributed by atoms with Crippen LogP contribution >= 0.6 is 0 Å². The number of rotatable bonds is 5. The van der Waals surface area contributed by atoms with Crippen molar-refractivity contribution in [1.29, 1.82) is 0 Å². The van der Waals surface area contributed by atoms with Crippen molar-refractivity contribution in [1.82, 2.24) is 0 Å². The van der Waals surface area contributed by atoms with E-state index in [2.05, 4.69) is 6.92 Å². The Morgan fingerprint density at radius 1 is 0.783 bits per heavy atom. The third-order valence-corrected chi connectivity index (χ3v) is 7.16. The van der Waals surface area contributed by atoms with E-state index in [0.717, 1.165) is 30.3 Å². The molecule has 134 valence electrons. The van der Waals surface area contributed by atoms with Crippen molar-refractivity contribution in [3.63, 3.8) is 0 Å². The number of hydrogen-bond acceptors (Lipinski definition) is 2. The van der Waals surface area contributed by atoms with Crippen LogP contribution in [0.2, 0.25) is 0 Å². The van der Waals surface area contributed by atoms with Crippen molar-refractivity contribution in [3.8, 4) is 0 Å². The Kier molecular flexibility index (Phi) is 6.83. The summed E-state index contributed by atoms with van der Waals surface area (Å²) >= 11 is 0. The van der Waals surface area contributed by atoms with Crippen LogP contribution in [0.15, 0.2) is 0 Å². The molecular weight excluding hydrogens is 284 g/mol. The van der Waals surface area contributed by atoms with Gasteiger partial charge < -0.3 is 9.47 Å². The summed E-state index contributed by atoms with van der Waals surface area (Å²) in [5.74, 6) is 3.71. The second kappa shape index (κ2) is 8.85. The van der Waals surface area contributed by atoms with Gasteiger partial charge in [-0.15, -0.1) is 0 Å². The lowest BCUT2D eigenvalue weighted by Gasteiger charge is -2.41. The molecule has 0 spiro atoms. The molecule has 2 atom stereocenters. The van der Waals surface area contributed by atoms with Gasteiger partial charge in [0, 0.05) is 13.7 Å². The summed E-state index contributed by atoms with van der Waals surface area (Å²) in [7, 11) is 1.88. The molecule has 3 fully saturated rings. The predicted molar refractivity (Wildman–Crippen MR) is 95.6 cm³/mol. The van der Waals surface area contributed by atoms with Gasteiger partial charge in [-0.1, -0.05) is 13.3 Å². The highest BCUT2D eigenvalue weighted by Crippen LogP contribution is 2.42. The maximum absolute atomic E-state index is 6.28. The van der Waals surface area contributed by atoms with Gasteiger partial charge in [0.15, 0.2) is 0 Å². The van der Waals surface area contributed by atoms with Gasteiger partial charge in [-0.2, -0.15) is 0 Å². The van der Waals surface area contributed by atoms with E-state index < -0.39 is 0 Å². The Bertz CT molecular complexity index is 319. The van der Waals surface area contributed by atoms with Crippen LogP contribution < -0.4 is 0 Å². The van der Waals surface area contributed by atoms with Crippen molar-refractivity contribution in [3.05, 3.63) is 0 Å². The molecule has 2 heteroatoms. The number of methoxy groups -OCH3 is 1. The Morgan fingerprint density at radius 3 is 1.91 bits per heavy atom. The summed E-state index contributed by atoms with van der Waals surface area (Å²) < 4.78 is 11.8. The zero-order chi connectivity index (χ0) is 16.1. The molecule has 0 aromatic rings. The second-order valence-electron chi connectivity index (χ2n) is 8.55. The third kappa shape index (κ3) is 4.72. The molecular formula is C21H38O2. The molecule has 0 bridgehead atoms. The first-order valence-electron chi connectivity index (χ1n) is 10.4. The highest BCUT2D eigenvalue weighted by Gasteiger charge is 2.35. The van der Waals surface area contributed by atoms with Crippen LogP contribution in [0.4, 0.5) is 0 Å². The minimum Gasteiger partial charge on any atom is -0.381 e. The molecule has 0 aromatic carbocycles. The van der Waals surface area contributed by atoms with Crippen LogP contribution in [-0.4, -0.2) is 25.9 Å². The van der Waals surface area contributed by atoms with Crippen molar-refractivity contribution in [2.45, 2.75) is 96.2 Å². The first kappa shape index (κ1) is 17.7. The molecule has 2 unspecified atom stereocenters. The maximum Gasteiger partial charge on any atom is 0.0603 e. The monoisotopic (exact) mass is 322 g/mol. The van der Waals surface area contributed by atoms with Gasteiger partial charge >= 0.3 is 0 Å². The summed E-state index contributed by atoms with van der Waals surface area (Å²) in [6.45, 7) is 3.34. The van der Waals surface area contributed by atoms with Gasteiger partial charge in [-0.3, -0.25) is 0 Å². The quantitative estimate of drug-likeness (QED) is 0.656. The highest BCUT2D eigenvalue weighted by atomic mass is 16.5. The highest BCUT2D eigenvalue weighted by molar-refractivity contribution is 4.85. The average Bonchev–Trinajstić information content (AvgIpc) is 2.63. The fourth-order valence-electron chi connectivity index (χ4n) is 5.62. The fourth-order valence-corrected chi connectivity index (χ4v) is 5.62. The first-order chi connectivity index (χ1) is 11.3. The summed E-state index contributed by atoms with van der Waals surface area (Å²) in [6, 6.07) is 0. The van der Waals surface area contributed by atoms with E-state index in [9.17, 15) is 0 Å². The lowest BCUT2D eigenvalue weighted by atomic mass is 9.69. The Labute approximate surface area is 143 Å². The standard InChI is InChI=1S/C21H38O2/c1-3-4-16-5-14-21(23-15-16)19-8-6-17(7-9-19)18-10-12-20(22-2)13-11-18/h16-21H,3-15H2,1-2H3. The zero-order valence-corrected chi connectivity index (χ0v) is 15.5. The lowest BCUT2D eigenvalue weighted by Crippen LogP contribution is -2.35. The molecule has 0 radical (unpaired) electrons. The molecule has 1 aliphatic heterocycles. The average molecular weight is 323 g/mol. The van der Waals surface area contributed by atoms with E-state index in [1.54, 1.807) is 0 Å². The molecule has 1 saturated heterocycles. The molecule has 23 heavy (non-hydrogen) atoms. The first-order valence-corrected chi connectivity index (χ1v) is 10.4. The summed E-state index contributed by atoms with van der Waals surface area (Å²) in [4.78, 5) is 0. The van der Waals surface area contributed by atoms with Crippen LogP contribution in [0, 0.1) is 23.7 Å². The summed E-state index contributed by atoms with van der Waals surface area (Å²) in [5, 5.41) is 0. The Morgan fingerprint density at radius 2 is 1.39 bits per heavy atom. The largest absolute Gasteiger partial charge is 0.381 e. The number of ether oxygens (including phenoxy) is 2. The topological polar surface area (TPSA) is 18.5 Å². The fraction of sp³-hybridized carbons (Fsp3) is 1.00. The minimum absolute atomic E-state index is 0.550. The maximum atomic E-state index is 6.28. The van der Waals surface area contributed by atoms with E-state index in [1.165, 1.54) is 77.0 Å². The molecule has 3 rings (SSSR count). The SMILES string of the molecule is CCCC1CCC(C2CCC(C3CCC(OC)CC3)CC2)OC1. The molecule has 0 amide bonds. The molecule has 2 aliphatic carbocycles. The van der Waals surface area contributed by atoms with Crippen LogP contribution in [0.1, 0.15) is 84.0 Å². The van der Waals surface area contributed by atoms with Crippen LogP contribution in [0.5, 0.6) is 0 Å². The van der Waals surface area contributed by atoms with E-state index in [-0.39, 0.29) is 0 Å². The minimum atomic E-state index is 0.550. The van der Waals surface area contributed by atoms with Crippen LogP contribution in [-0.2, 0) is 9.47 Å². The van der Waals surface area contributed by atoms with Gasteiger partial charge in [-0.25, -0.2) is 0 Å². The van der Waals surface area contributed by atoms with Crippen molar-refractivity contribution in [2.75, 3.05) is 13.7 Å². The molecule has 2 nitrogen and oxygen atoms in total. The van der Waals surface area contributed by atoms with Crippen LogP contribution in [0.3, 0.4) is 0 Å². The van der Waals surface area contributed by atoms with Crippen molar-refractivity contribution < 1.29 is 9.47 Å². The van der Waals surface area contributed by atoms with E-state index >= 15 is 0 Å². The van der Waals surface area contributed by atoms with E-state index in [4.69, 9.17) is 9.47 Å². The summed E-state index contributed by atoms with van der Waals surface area (Å²) in [6.07, 6.45) is 17.8. The predicted octanol–water partition coefficient (Wildman–Crippen LogP) is 5.59.